The Bertz CT molecular complexity index is 437. The molecule has 5 heteroatoms. The van der Waals surface area contributed by atoms with Crippen LogP contribution in [0.4, 0.5) is 4.39 Å². The van der Waals surface area contributed by atoms with Gasteiger partial charge in [-0.3, -0.25) is 4.79 Å². The number of nitrogens with one attached hydrogen (secondary N) is 2. The van der Waals surface area contributed by atoms with Crippen molar-refractivity contribution >= 4 is 17.5 Å². The van der Waals surface area contributed by atoms with Crippen LogP contribution in [0.5, 0.6) is 0 Å². The fourth-order valence-electron chi connectivity index (χ4n) is 1.50. The number of rotatable bonds is 6. The van der Waals surface area contributed by atoms with Gasteiger partial charge >= 0.3 is 0 Å². The van der Waals surface area contributed by atoms with E-state index < -0.39 is 5.82 Å². The molecule has 1 aromatic rings. The van der Waals surface area contributed by atoms with Crippen molar-refractivity contribution in [2.24, 2.45) is 5.92 Å². The maximum absolute atomic E-state index is 13.6. The topological polar surface area (TPSA) is 41.1 Å². The lowest BCUT2D eigenvalue weighted by Gasteiger charge is -2.15. The molecule has 0 aliphatic carbocycles. The highest BCUT2D eigenvalue weighted by Gasteiger charge is 2.13. The van der Waals surface area contributed by atoms with E-state index in [-0.39, 0.29) is 23.5 Å². The maximum Gasteiger partial charge on any atom is 0.236 e. The van der Waals surface area contributed by atoms with Crippen LogP contribution in [0.25, 0.3) is 0 Å². The SMILES string of the molecule is CC(C)CNC(=O)C(C)NCc1cccc(Cl)c1F. The standard InChI is InChI=1S/C14H20ClFN2O/c1-9(2)7-18-14(19)10(3)17-8-11-5-4-6-12(15)13(11)16/h4-6,9-10,17H,7-8H2,1-3H3,(H,18,19). The van der Waals surface area contributed by atoms with Crippen molar-refractivity contribution in [3.8, 4) is 0 Å². The quantitative estimate of drug-likeness (QED) is 0.844. The molecule has 1 atom stereocenters. The lowest BCUT2D eigenvalue weighted by atomic mass is 10.2. The van der Waals surface area contributed by atoms with Crippen LogP contribution in [0.3, 0.4) is 0 Å². The first-order valence-corrected chi connectivity index (χ1v) is 6.73. The summed E-state index contributed by atoms with van der Waals surface area (Å²) >= 11 is 5.69. The lowest BCUT2D eigenvalue weighted by molar-refractivity contribution is -0.122. The third-order valence-electron chi connectivity index (χ3n) is 2.71. The van der Waals surface area contributed by atoms with Crippen LogP contribution in [0.15, 0.2) is 18.2 Å². The highest BCUT2D eigenvalue weighted by molar-refractivity contribution is 6.30. The highest BCUT2D eigenvalue weighted by Crippen LogP contribution is 2.17. The van der Waals surface area contributed by atoms with Crippen molar-refractivity contribution in [3.05, 3.63) is 34.6 Å². The van der Waals surface area contributed by atoms with Crippen molar-refractivity contribution in [1.82, 2.24) is 10.6 Å². The highest BCUT2D eigenvalue weighted by atomic mass is 35.5. The number of benzene rings is 1. The van der Waals surface area contributed by atoms with Gasteiger partial charge in [0.25, 0.3) is 0 Å². The van der Waals surface area contributed by atoms with Crippen LogP contribution in [0, 0.1) is 11.7 Å². The Balaban J connectivity index is 2.47. The average Bonchev–Trinajstić information content (AvgIpc) is 2.37. The van der Waals surface area contributed by atoms with Gasteiger partial charge in [-0.05, 0) is 18.9 Å². The Labute approximate surface area is 118 Å². The molecule has 1 aromatic carbocycles. The van der Waals surface area contributed by atoms with Crippen LogP contribution in [0.2, 0.25) is 5.02 Å². The molecule has 0 aromatic heterocycles. The molecule has 0 aliphatic rings. The Hall–Kier alpha value is -1.13. The molecule has 0 radical (unpaired) electrons. The van der Waals surface area contributed by atoms with E-state index in [2.05, 4.69) is 10.6 Å². The van der Waals surface area contributed by atoms with Crippen LogP contribution < -0.4 is 10.6 Å². The van der Waals surface area contributed by atoms with E-state index in [1.807, 2.05) is 13.8 Å². The van der Waals surface area contributed by atoms with Crippen molar-refractivity contribution in [3.63, 3.8) is 0 Å². The molecule has 0 spiro atoms. The Morgan fingerprint density at radius 3 is 2.68 bits per heavy atom. The van der Waals surface area contributed by atoms with Gasteiger partial charge in [0.15, 0.2) is 0 Å². The third-order valence-corrected chi connectivity index (χ3v) is 3.00. The van der Waals surface area contributed by atoms with Crippen molar-refractivity contribution in [1.29, 1.82) is 0 Å². The first-order chi connectivity index (χ1) is 8.91. The molecule has 1 rings (SSSR count). The van der Waals surface area contributed by atoms with Crippen LogP contribution in [-0.2, 0) is 11.3 Å². The van der Waals surface area contributed by atoms with Gasteiger partial charge in [0.1, 0.15) is 5.82 Å². The summed E-state index contributed by atoms with van der Waals surface area (Å²) in [5, 5.41) is 5.90. The average molecular weight is 287 g/mol. The van der Waals surface area contributed by atoms with Crippen molar-refractivity contribution in [2.45, 2.75) is 33.4 Å². The summed E-state index contributed by atoms with van der Waals surface area (Å²) in [5.74, 6) is -0.121. The zero-order chi connectivity index (χ0) is 14.4. The van der Waals surface area contributed by atoms with Gasteiger partial charge < -0.3 is 10.6 Å². The molecule has 1 unspecified atom stereocenters. The number of amides is 1. The first kappa shape index (κ1) is 15.9. The second-order valence-electron chi connectivity index (χ2n) is 4.95. The first-order valence-electron chi connectivity index (χ1n) is 6.35. The summed E-state index contributed by atoms with van der Waals surface area (Å²) in [5.41, 5.74) is 0.455. The van der Waals surface area contributed by atoms with E-state index in [4.69, 9.17) is 11.6 Å². The van der Waals surface area contributed by atoms with Gasteiger partial charge in [-0.2, -0.15) is 0 Å². The molecule has 0 fully saturated rings. The van der Waals surface area contributed by atoms with E-state index in [1.54, 1.807) is 19.1 Å². The Kier molecular flexibility index (Phi) is 6.25. The molecular weight excluding hydrogens is 267 g/mol. The van der Waals surface area contributed by atoms with Crippen LogP contribution >= 0.6 is 11.6 Å². The molecule has 3 nitrogen and oxygen atoms in total. The molecule has 0 saturated heterocycles. The normalized spacial score (nSPS) is 12.5. The smallest absolute Gasteiger partial charge is 0.236 e. The van der Waals surface area contributed by atoms with E-state index in [0.717, 1.165) is 0 Å². The lowest BCUT2D eigenvalue weighted by Crippen LogP contribution is -2.43. The molecule has 2 N–H and O–H groups in total. The Morgan fingerprint density at radius 2 is 2.05 bits per heavy atom. The van der Waals surface area contributed by atoms with E-state index in [1.165, 1.54) is 6.07 Å². The summed E-state index contributed by atoms with van der Waals surface area (Å²) in [4.78, 5) is 11.7. The number of hydrogen-bond acceptors (Lipinski definition) is 2. The number of carbonyl (C=O) groups excluding carboxylic acids is 1. The van der Waals surface area contributed by atoms with Gasteiger partial charge in [-0.1, -0.05) is 37.6 Å². The van der Waals surface area contributed by atoms with Crippen molar-refractivity contribution < 1.29 is 9.18 Å². The minimum absolute atomic E-state index is 0.0869. The predicted octanol–water partition coefficient (Wildman–Crippen LogP) is 2.73. The summed E-state index contributed by atoms with van der Waals surface area (Å²) in [6, 6.07) is 4.45. The molecule has 106 valence electrons. The molecule has 0 bridgehead atoms. The second kappa shape index (κ2) is 7.46. The van der Waals surface area contributed by atoms with Gasteiger partial charge in [0.2, 0.25) is 5.91 Å². The summed E-state index contributed by atoms with van der Waals surface area (Å²) in [6.45, 7) is 6.70. The minimum Gasteiger partial charge on any atom is -0.354 e. The molecule has 1 amide bonds. The van der Waals surface area contributed by atoms with E-state index >= 15 is 0 Å². The molecule has 0 heterocycles. The predicted molar refractivity (Wildman–Crippen MR) is 75.6 cm³/mol. The Morgan fingerprint density at radius 1 is 1.37 bits per heavy atom. The molecule has 19 heavy (non-hydrogen) atoms. The van der Waals surface area contributed by atoms with Gasteiger partial charge in [0, 0.05) is 18.7 Å². The fourth-order valence-corrected chi connectivity index (χ4v) is 1.69. The largest absolute Gasteiger partial charge is 0.354 e. The van der Waals surface area contributed by atoms with Crippen LogP contribution in [0.1, 0.15) is 26.3 Å². The number of halogens is 2. The monoisotopic (exact) mass is 286 g/mol. The number of carbonyl (C=O) groups is 1. The fraction of sp³-hybridized carbons (Fsp3) is 0.500. The maximum atomic E-state index is 13.6. The van der Waals surface area contributed by atoms with E-state index in [0.29, 0.717) is 18.0 Å². The van der Waals surface area contributed by atoms with Gasteiger partial charge in [-0.25, -0.2) is 4.39 Å². The summed E-state index contributed by atoms with van der Waals surface area (Å²) in [6.07, 6.45) is 0. The van der Waals surface area contributed by atoms with Crippen LogP contribution in [-0.4, -0.2) is 18.5 Å². The van der Waals surface area contributed by atoms with Gasteiger partial charge in [0.05, 0.1) is 11.1 Å². The van der Waals surface area contributed by atoms with Crippen molar-refractivity contribution in [2.75, 3.05) is 6.54 Å². The zero-order valence-electron chi connectivity index (χ0n) is 11.5. The summed E-state index contributed by atoms with van der Waals surface area (Å²) in [7, 11) is 0. The second-order valence-corrected chi connectivity index (χ2v) is 5.36. The number of hydrogen-bond donors (Lipinski definition) is 2. The minimum atomic E-state index is -0.438. The van der Waals surface area contributed by atoms with Gasteiger partial charge in [-0.15, -0.1) is 0 Å². The summed E-state index contributed by atoms with van der Waals surface area (Å²) < 4.78 is 13.6. The van der Waals surface area contributed by atoms with E-state index in [9.17, 15) is 9.18 Å². The third kappa shape index (κ3) is 5.17. The molecular formula is C14H20ClFN2O. The molecule has 0 saturated carbocycles. The zero-order valence-corrected chi connectivity index (χ0v) is 12.2. The molecule has 0 aliphatic heterocycles.